The number of ether oxygens (including phenoxy) is 1. The minimum absolute atomic E-state index is 0.0518. The van der Waals surface area contributed by atoms with Crippen molar-refractivity contribution in [2.24, 2.45) is 0 Å². The number of furan rings is 1. The lowest BCUT2D eigenvalue weighted by atomic mass is 10.1. The van der Waals surface area contributed by atoms with E-state index in [1.807, 2.05) is 0 Å². The molecule has 1 amide bonds. The molecule has 4 rings (SSSR count). The maximum atomic E-state index is 12.3. The number of aromatic hydroxyl groups is 3. The van der Waals surface area contributed by atoms with Crippen molar-refractivity contribution in [2.45, 2.75) is 0 Å². The standard InChI is InChI=1S/C24H19NO6/c1-30-17-7-5-16(6-8-17)25-23(29)11-4-14-2-10-20(27)24-18(14)13-22(31-24)15-3-9-19(26)21(28)12-15/h2-13,26-28H,1H3,(H,25,29)/b11-4+. The fraction of sp³-hybridized carbons (Fsp3) is 0.0417. The molecular formula is C24H19NO6. The third-order valence-corrected chi connectivity index (χ3v) is 4.73. The highest BCUT2D eigenvalue weighted by Crippen LogP contribution is 2.37. The Labute approximate surface area is 177 Å². The lowest BCUT2D eigenvalue weighted by molar-refractivity contribution is -0.111. The normalized spacial score (nSPS) is 11.1. The Morgan fingerprint density at radius 1 is 0.935 bits per heavy atom. The van der Waals surface area contributed by atoms with Gasteiger partial charge in [0.15, 0.2) is 22.8 Å². The summed E-state index contributed by atoms with van der Waals surface area (Å²) in [5.41, 5.74) is 2.07. The number of benzene rings is 3. The summed E-state index contributed by atoms with van der Waals surface area (Å²) in [6.07, 6.45) is 3.00. The molecule has 4 aromatic rings. The van der Waals surface area contributed by atoms with Gasteiger partial charge in [-0.3, -0.25) is 4.79 Å². The smallest absolute Gasteiger partial charge is 0.248 e. The molecular weight excluding hydrogens is 398 g/mol. The molecule has 0 aliphatic carbocycles. The van der Waals surface area contributed by atoms with Crippen LogP contribution in [0.5, 0.6) is 23.0 Å². The molecule has 3 aromatic carbocycles. The first-order valence-electron chi connectivity index (χ1n) is 9.35. The summed E-state index contributed by atoms with van der Waals surface area (Å²) in [6, 6.07) is 16.1. The van der Waals surface area contributed by atoms with E-state index < -0.39 is 0 Å². The van der Waals surface area contributed by atoms with Crippen LogP contribution in [0.2, 0.25) is 0 Å². The summed E-state index contributed by atoms with van der Waals surface area (Å²) in [4.78, 5) is 12.3. The molecule has 7 nitrogen and oxygen atoms in total. The van der Waals surface area contributed by atoms with Crippen LogP contribution in [0.4, 0.5) is 5.69 Å². The zero-order valence-corrected chi connectivity index (χ0v) is 16.5. The van der Waals surface area contributed by atoms with E-state index in [9.17, 15) is 20.1 Å². The van der Waals surface area contributed by atoms with Gasteiger partial charge in [-0.15, -0.1) is 0 Å². The van der Waals surface area contributed by atoms with Crippen LogP contribution in [0.25, 0.3) is 28.4 Å². The predicted molar refractivity (Wildman–Crippen MR) is 117 cm³/mol. The Balaban J connectivity index is 1.61. The Kier molecular flexibility index (Phi) is 5.24. The van der Waals surface area contributed by atoms with E-state index >= 15 is 0 Å². The second kappa shape index (κ2) is 8.16. The highest BCUT2D eigenvalue weighted by Gasteiger charge is 2.14. The maximum Gasteiger partial charge on any atom is 0.248 e. The second-order valence-electron chi connectivity index (χ2n) is 6.78. The van der Waals surface area contributed by atoms with Crippen molar-refractivity contribution in [3.05, 3.63) is 72.3 Å². The first-order chi connectivity index (χ1) is 14.9. The summed E-state index contributed by atoms with van der Waals surface area (Å²) in [5.74, 6) is 0.191. The van der Waals surface area contributed by atoms with Crippen molar-refractivity contribution in [3.8, 4) is 34.3 Å². The van der Waals surface area contributed by atoms with Crippen LogP contribution in [-0.2, 0) is 4.79 Å². The van der Waals surface area contributed by atoms with Gasteiger partial charge >= 0.3 is 0 Å². The van der Waals surface area contributed by atoms with Gasteiger partial charge in [0, 0.05) is 22.7 Å². The molecule has 0 radical (unpaired) electrons. The monoisotopic (exact) mass is 417 g/mol. The minimum atomic E-state index is -0.321. The number of methoxy groups -OCH3 is 1. The predicted octanol–water partition coefficient (Wildman–Crippen LogP) is 4.88. The topological polar surface area (TPSA) is 112 Å². The van der Waals surface area contributed by atoms with Gasteiger partial charge in [0.25, 0.3) is 0 Å². The number of rotatable bonds is 5. The van der Waals surface area contributed by atoms with Crippen molar-refractivity contribution in [3.63, 3.8) is 0 Å². The van der Waals surface area contributed by atoms with Crippen molar-refractivity contribution in [1.82, 2.24) is 0 Å². The minimum Gasteiger partial charge on any atom is -0.504 e. The van der Waals surface area contributed by atoms with Crippen LogP contribution in [0.1, 0.15) is 5.56 Å². The van der Waals surface area contributed by atoms with E-state index in [0.717, 1.165) is 0 Å². The molecule has 0 aliphatic heterocycles. The third kappa shape index (κ3) is 4.16. The van der Waals surface area contributed by atoms with Gasteiger partial charge in [-0.2, -0.15) is 0 Å². The number of phenols is 3. The highest BCUT2D eigenvalue weighted by atomic mass is 16.5. The molecule has 0 saturated carbocycles. The quantitative estimate of drug-likeness (QED) is 0.272. The number of hydrogen-bond donors (Lipinski definition) is 4. The van der Waals surface area contributed by atoms with Crippen LogP contribution < -0.4 is 10.1 Å². The second-order valence-corrected chi connectivity index (χ2v) is 6.78. The Morgan fingerprint density at radius 3 is 2.39 bits per heavy atom. The van der Waals surface area contributed by atoms with Gasteiger partial charge in [-0.1, -0.05) is 6.07 Å². The van der Waals surface area contributed by atoms with Gasteiger partial charge < -0.3 is 29.8 Å². The lowest BCUT2D eigenvalue weighted by Gasteiger charge is -2.04. The molecule has 0 fully saturated rings. The Hall–Kier alpha value is -4.39. The fourth-order valence-corrected chi connectivity index (χ4v) is 3.12. The van der Waals surface area contributed by atoms with E-state index in [4.69, 9.17) is 9.15 Å². The molecule has 31 heavy (non-hydrogen) atoms. The third-order valence-electron chi connectivity index (χ3n) is 4.73. The summed E-state index contributed by atoms with van der Waals surface area (Å²) >= 11 is 0. The van der Waals surface area contributed by atoms with Crippen molar-refractivity contribution in [1.29, 1.82) is 0 Å². The van der Waals surface area contributed by atoms with Crippen LogP contribution in [0, 0.1) is 0 Å². The van der Waals surface area contributed by atoms with Gasteiger partial charge in [-0.05, 0) is 66.2 Å². The maximum absolute atomic E-state index is 12.3. The number of hydrogen-bond acceptors (Lipinski definition) is 6. The van der Waals surface area contributed by atoms with Crippen molar-refractivity contribution in [2.75, 3.05) is 12.4 Å². The molecule has 4 N–H and O–H groups in total. The largest absolute Gasteiger partial charge is 0.504 e. The summed E-state index contributed by atoms with van der Waals surface area (Å²) < 4.78 is 10.8. The molecule has 156 valence electrons. The molecule has 7 heteroatoms. The molecule has 0 spiro atoms. The summed E-state index contributed by atoms with van der Waals surface area (Å²) in [7, 11) is 1.57. The van der Waals surface area contributed by atoms with Crippen LogP contribution >= 0.6 is 0 Å². The van der Waals surface area contributed by atoms with Crippen molar-refractivity contribution < 1.29 is 29.3 Å². The molecule has 0 saturated heterocycles. The first-order valence-corrected chi connectivity index (χ1v) is 9.35. The number of anilines is 1. The number of phenolic OH excluding ortho intramolecular Hbond substituents is 3. The molecule has 0 aliphatic rings. The molecule has 0 atom stereocenters. The van der Waals surface area contributed by atoms with Gasteiger partial charge in [-0.25, -0.2) is 0 Å². The van der Waals surface area contributed by atoms with E-state index in [2.05, 4.69) is 5.32 Å². The molecule has 0 unspecified atom stereocenters. The zero-order valence-electron chi connectivity index (χ0n) is 16.5. The van der Waals surface area contributed by atoms with Gasteiger partial charge in [0.2, 0.25) is 5.91 Å². The van der Waals surface area contributed by atoms with E-state index in [1.54, 1.807) is 55.7 Å². The van der Waals surface area contributed by atoms with Gasteiger partial charge in [0.05, 0.1) is 7.11 Å². The van der Waals surface area contributed by atoms with Crippen LogP contribution in [0.15, 0.2) is 71.2 Å². The van der Waals surface area contributed by atoms with E-state index in [1.165, 1.54) is 24.3 Å². The molecule has 0 bridgehead atoms. The van der Waals surface area contributed by atoms with E-state index in [0.29, 0.717) is 33.7 Å². The lowest BCUT2D eigenvalue weighted by Crippen LogP contribution is -2.07. The number of nitrogens with one attached hydrogen (secondary N) is 1. The average molecular weight is 417 g/mol. The average Bonchev–Trinajstić information content (AvgIpc) is 3.22. The summed E-state index contributed by atoms with van der Waals surface area (Å²) in [5, 5.41) is 32.8. The SMILES string of the molecule is COc1ccc(NC(=O)/C=C/c2ccc(O)c3oc(-c4ccc(O)c(O)c4)cc23)cc1. The first kappa shape index (κ1) is 19.9. The number of amides is 1. The Bertz CT molecular complexity index is 1290. The zero-order chi connectivity index (χ0) is 22.0. The summed E-state index contributed by atoms with van der Waals surface area (Å²) in [6.45, 7) is 0. The van der Waals surface area contributed by atoms with Crippen LogP contribution in [-0.4, -0.2) is 28.3 Å². The van der Waals surface area contributed by atoms with Gasteiger partial charge in [0.1, 0.15) is 11.5 Å². The fourth-order valence-electron chi connectivity index (χ4n) is 3.12. The van der Waals surface area contributed by atoms with Crippen molar-refractivity contribution >= 4 is 28.6 Å². The number of fused-ring (bicyclic) bond motifs is 1. The van der Waals surface area contributed by atoms with E-state index in [-0.39, 0.29) is 28.7 Å². The van der Waals surface area contributed by atoms with Crippen LogP contribution in [0.3, 0.4) is 0 Å². The Morgan fingerprint density at radius 2 is 1.68 bits per heavy atom. The molecule has 1 heterocycles. The molecule has 1 aromatic heterocycles. The number of carbonyl (C=O) groups excluding carboxylic acids is 1. The number of carbonyl (C=O) groups is 1. The highest BCUT2D eigenvalue weighted by molar-refractivity contribution is 6.04.